The Hall–Kier alpha value is -1.31. The fraction of sp³-hybridized carbons (Fsp3) is 0.667. The number of likely N-dealkylation sites (tertiary alicyclic amines) is 1. The highest BCUT2D eigenvalue weighted by atomic mass is 32.2. The second-order valence-corrected chi connectivity index (χ2v) is 8.76. The van der Waals surface area contributed by atoms with E-state index in [2.05, 4.69) is 4.90 Å². The molecule has 2 saturated heterocycles. The maximum absolute atomic E-state index is 13.1. The van der Waals surface area contributed by atoms with Crippen molar-refractivity contribution in [1.29, 1.82) is 0 Å². The van der Waals surface area contributed by atoms with Crippen LogP contribution in [0.4, 0.5) is 0 Å². The van der Waals surface area contributed by atoms with E-state index in [1.165, 1.54) is 20.0 Å². The van der Waals surface area contributed by atoms with Gasteiger partial charge < -0.3 is 14.4 Å². The predicted octanol–water partition coefficient (Wildman–Crippen LogP) is 2.26. The van der Waals surface area contributed by atoms with Crippen LogP contribution in [0, 0.1) is 6.92 Å². The zero-order chi connectivity index (χ0) is 18.0. The Bertz CT molecular complexity index is 706. The molecule has 0 aliphatic carbocycles. The van der Waals surface area contributed by atoms with Gasteiger partial charge in [0.15, 0.2) is 11.5 Å². The van der Waals surface area contributed by atoms with E-state index in [-0.39, 0.29) is 0 Å². The first kappa shape index (κ1) is 18.5. The van der Waals surface area contributed by atoms with Crippen molar-refractivity contribution in [2.75, 3.05) is 40.4 Å². The standard InChI is InChI=1S/C18H28N2O4S/c1-14-12-16(23-2)17(24-3)13-18(14)25(21,22)20-10-6-15(7-11-20)19-8-4-5-9-19/h12-13,15H,4-11H2,1-3H3. The lowest BCUT2D eigenvalue weighted by Crippen LogP contribution is -2.45. The van der Waals surface area contributed by atoms with Crippen LogP contribution in [0.5, 0.6) is 11.5 Å². The number of ether oxygens (including phenoxy) is 2. The minimum Gasteiger partial charge on any atom is -0.493 e. The molecule has 6 nitrogen and oxygen atoms in total. The molecule has 1 aromatic rings. The van der Waals surface area contributed by atoms with Crippen LogP contribution in [0.2, 0.25) is 0 Å². The molecule has 2 aliphatic heterocycles. The van der Waals surface area contributed by atoms with E-state index in [0.29, 0.717) is 41.1 Å². The molecule has 1 aromatic carbocycles. The monoisotopic (exact) mass is 368 g/mol. The summed E-state index contributed by atoms with van der Waals surface area (Å²) in [6, 6.07) is 3.83. The lowest BCUT2D eigenvalue weighted by atomic mass is 10.1. The molecule has 2 aliphatic rings. The molecule has 0 aromatic heterocycles. The Labute approximate surface area is 150 Å². The number of hydrogen-bond acceptors (Lipinski definition) is 5. The lowest BCUT2D eigenvalue weighted by Gasteiger charge is -2.36. The Balaban J connectivity index is 1.78. The summed E-state index contributed by atoms with van der Waals surface area (Å²) < 4.78 is 38.4. The number of nitrogens with zero attached hydrogens (tertiary/aromatic N) is 2. The molecule has 25 heavy (non-hydrogen) atoms. The molecule has 0 spiro atoms. The third-order valence-corrected chi connectivity index (χ3v) is 7.42. The minimum atomic E-state index is -3.52. The van der Waals surface area contributed by atoms with Gasteiger partial charge in [-0.1, -0.05) is 0 Å². The van der Waals surface area contributed by atoms with Gasteiger partial charge in [0.05, 0.1) is 19.1 Å². The van der Waals surface area contributed by atoms with Crippen LogP contribution in [0.15, 0.2) is 17.0 Å². The summed E-state index contributed by atoms with van der Waals surface area (Å²) in [6.45, 7) is 5.28. The van der Waals surface area contributed by atoms with Crippen LogP contribution in [-0.2, 0) is 10.0 Å². The predicted molar refractivity (Wildman–Crippen MR) is 96.9 cm³/mol. The summed E-state index contributed by atoms with van der Waals surface area (Å²) in [4.78, 5) is 2.83. The third kappa shape index (κ3) is 3.64. The van der Waals surface area contributed by atoms with Gasteiger partial charge in [0, 0.05) is 25.2 Å². The Kier molecular flexibility index (Phi) is 5.55. The quantitative estimate of drug-likeness (QED) is 0.798. The highest BCUT2D eigenvalue weighted by Gasteiger charge is 2.33. The molecule has 2 heterocycles. The average Bonchev–Trinajstić information content (AvgIpc) is 3.16. The summed E-state index contributed by atoms with van der Waals surface area (Å²) in [5.41, 5.74) is 0.680. The van der Waals surface area contributed by atoms with Crippen LogP contribution >= 0.6 is 0 Å². The Morgan fingerprint density at radius 3 is 2.08 bits per heavy atom. The molecule has 2 fully saturated rings. The number of aryl methyl sites for hydroxylation is 1. The van der Waals surface area contributed by atoms with Gasteiger partial charge in [-0.25, -0.2) is 8.42 Å². The van der Waals surface area contributed by atoms with E-state index in [1.54, 1.807) is 30.5 Å². The van der Waals surface area contributed by atoms with E-state index in [0.717, 1.165) is 25.9 Å². The van der Waals surface area contributed by atoms with E-state index in [4.69, 9.17) is 9.47 Å². The molecule has 0 radical (unpaired) electrons. The highest BCUT2D eigenvalue weighted by molar-refractivity contribution is 7.89. The second kappa shape index (κ2) is 7.51. The van der Waals surface area contributed by atoms with Crippen LogP contribution < -0.4 is 9.47 Å². The number of methoxy groups -OCH3 is 2. The number of sulfonamides is 1. The summed E-state index contributed by atoms with van der Waals surface area (Å²) in [6.07, 6.45) is 4.35. The van der Waals surface area contributed by atoms with Crippen molar-refractivity contribution in [3.8, 4) is 11.5 Å². The molecule has 0 atom stereocenters. The van der Waals surface area contributed by atoms with Crippen molar-refractivity contribution < 1.29 is 17.9 Å². The summed E-state index contributed by atoms with van der Waals surface area (Å²) in [5.74, 6) is 0.991. The average molecular weight is 368 g/mol. The van der Waals surface area contributed by atoms with E-state index in [1.807, 2.05) is 0 Å². The maximum atomic E-state index is 13.1. The molecule has 0 amide bonds. The number of piperidine rings is 1. The molecule has 0 N–H and O–H groups in total. The lowest BCUT2D eigenvalue weighted by molar-refractivity contribution is 0.168. The number of rotatable bonds is 5. The van der Waals surface area contributed by atoms with Crippen LogP contribution in [0.1, 0.15) is 31.2 Å². The zero-order valence-electron chi connectivity index (χ0n) is 15.3. The van der Waals surface area contributed by atoms with Crippen LogP contribution in [-0.4, -0.2) is 64.1 Å². The van der Waals surface area contributed by atoms with Crippen molar-refractivity contribution >= 4 is 10.0 Å². The fourth-order valence-electron chi connectivity index (χ4n) is 3.93. The van der Waals surface area contributed by atoms with E-state index < -0.39 is 10.0 Å². The number of benzene rings is 1. The van der Waals surface area contributed by atoms with Gasteiger partial charge in [-0.05, 0) is 57.3 Å². The largest absolute Gasteiger partial charge is 0.493 e. The topological polar surface area (TPSA) is 59.1 Å². The van der Waals surface area contributed by atoms with Crippen molar-refractivity contribution in [3.63, 3.8) is 0 Å². The van der Waals surface area contributed by atoms with Gasteiger partial charge >= 0.3 is 0 Å². The van der Waals surface area contributed by atoms with E-state index in [9.17, 15) is 8.42 Å². The molecule has 140 valence electrons. The maximum Gasteiger partial charge on any atom is 0.243 e. The Morgan fingerprint density at radius 2 is 1.52 bits per heavy atom. The van der Waals surface area contributed by atoms with Crippen molar-refractivity contribution in [2.45, 2.75) is 43.5 Å². The molecule has 3 rings (SSSR count). The molecule has 0 saturated carbocycles. The molecular formula is C18H28N2O4S. The van der Waals surface area contributed by atoms with Gasteiger partial charge in [-0.2, -0.15) is 4.31 Å². The van der Waals surface area contributed by atoms with Gasteiger partial charge in [0.2, 0.25) is 10.0 Å². The summed E-state index contributed by atoms with van der Waals surface area (Å²) in [5, 5.41) is 0. The first-order chi connectivity index (χ1) is 12.0. The van der Waals surface area contributed by atoms with Crippen molar-refractivity contribution in [3.05, 3.63) is 17.7 Å². The normalized spacial score (nSPS) is 20.8. The summed E-state index contributed by atoms with van der Waals surface area (Å²) in [7, 11) is -0.449. The van der Waals surface area contributed by atoms with E-state index >= 15 is 0 Å². The van der Waals surface area contributed by atoms with Crippen molar-refractivity contribution in [2.24, 2.45) is 0 Å². The van der Waals surface area contributed by atoms with Gasteiger partial charge in [-0.15, -0.1) is 0 Å². The molecular weight excluding hydrogens is 340 g/mol. The van der Waals surface area contributed by atoms with Crippen LogP contribution in [0.25, 0.3) is 0 Å². The summed E-state index contributed by atoms with van der Waals surface area (Å²) >= 11 is 0. The minimum absolute atomic E-state index is 0.310. The van der Waals surface area contributed by atoms with Gasteiger partial charge in [0.1, 0.15) is 0 Å². The van der Waals surface area contributed by atoms with Crippen molar-refractivity contribution in [1.82, 2.24) is 9.21 Å². The third-order valence-electron chi connectivity index (χ3n) is 5.38. The second-order valence-electron chi connectivity index (χ2n) is 6.85. The zero-order valence-corrected chi connectivity index (χ0v) is 16.1. The van der Waals surface area contributed by atoms with Crippen LogP contribution in [0.3, 0.4) is 0 Å². The van der Waals surface area contributed by atoms with Gasteiger partial charge in [-0.3, -0.25) is 0 Å². The smallest absolute Gasteiger partial charge is 0.243 e. The Morgan fingerprint density at radius 1 is 0.960 bits per heavy atom. The van der Waals surface area contributed by atoms with Gasteiger partial charge in [0.25, 0.3) is 0 Å². The SMILES string of the molecule is COc1cc(C)c(S(=O)(=O)N2CCC(N3CCCC3)CC2)cc1OC. The molecule has 0 bridgehead atoms. The first-order valence-corrected chi connectivity index (χ1v) is 10.4. The first-order valence-electron chi connectivity index (χ1n) is 8.94. The molecule has 0 unspecified atom stereocenters. The molecule has 7 heteroatoms. The number of hydrogen-bond donors (Lipinski definition) is 0. The highest BCUT2D eigenvalue weighted by Crippen LogP contribution is 2.34. The fourth-order valence-corrected chi connectivity index (χ4v) is 5.62.